The van der Waals surface area contributed by atoms with Gasteiger partial charge in [-0.05, 0) is 29.0 Å². The van der Waals surface area contributed by atoms with Gasteiger partial charge in [-0.1, -0.05) is 12.1 Å². The largest absolute Gasteiger partial charge is 0.495 e. The summed E-state index contributed by atoms with van der Waals surface area (Å²) in [4.78, 5) is 13.2. The summed E-state index contributed by atoms with van der Waals surface area (Å²) < 4.78 is 5.22. The highest BCUT2D eigenvalue weighted by Gasteiger charge is 2.12. The lowest BCUT2D eigenvalue weighted by Gasteiger charge is -2.14. The molecule has 5 heteroatoms. The summed E-state index contributed by atoms with van der Waals surface area (Å²) >= 11 is 1.68. The van der Waals surface area contributed by atoms with Crippen LogP contribution in [0.1, 0.15) is 5.56 Å². The average Bonchev–Trinajstić information content (AvgIpc) is 2.91. The van der Waals surface area contributed by atoms with Crippen LogP contribution in [0.3, 0.4) is 0 Å². The van der Waals surface area contributed by atoms with E-state index in [0.717, 1.165) is 11.4 Å². The van der Waals surface area contributed by atoms with E-state index in [9.17, 15) is 4.79 Å². The third kappa shape index (κ3) is 4.08. The number of para-hydroxylation sites is 2. The zero-order valence-corrected chi connectivity index (χ0v) is 12.5. The standard InChI is InChI=1S/C15H18N2O2S/c1-17(9-12-7-8-20-11-12)10-15(18)16-13-5-3-4-6-14(13)19-2/h3-8,11H,9-10H2,1-2H3,(H,16,18)/p+1. The van der Waals surface area contributed by atoms with E-state index in [-0.39, 0.29) is 5.91 Å². The average molecular weight is 291 g/mol. The number of anilines is 1. The van der Waals surface area contributed by atoms with Crippen LogP contribution in [0.25, 0.3) is 0 Å². The van der Waals surface area contributed by atoms with Crippen molar-refractivity contribution in [3.8, 4) is 5.75 Å². The van der Waals surface area contributed by atoms with Crippen molar-refractivity contribution in [3.05, 3.63) is 46.7 Å². The van der Waals surface area contributed by atoms with Gasteiger partial charge in [-0.3, -0.25) is 4.79 Å². The zero-order chi connectivity index (χ0) is 14.4. The SMILES string of the molecule is COc1ccccc1NC(=O)C[NH+](C)Cc1ccsc1. The molecule has 0 aliphatic rings. The molecular formula is C15H19N2O2S+. The summed E-state index contributed by atoms with van der Waals surface area (Å²) in [7, 11) is 3.61. The van der Waals surface area contributed by atoms with Crippen molar-refractivity contribution in [2.24, 2.45) is 0 Å². The van der Waals surface area contributed by atoms with Gasteiger partial charge in [0.1, 0.15) is 12.3 Å². The van der Waals surface area contributed by atoms with Crippen LogP contribution in [0, 0.1) is 0 Å². The van der Waals surface area contributed by atoms with Crippen molar-refractivity contribution >= 4 is 22.9 Å². The third-order valence-electron chi connectivity index (χ3n) is 2.93. The number of carbonyl (C=O) groups excluding carboxylic acids is 1. The molecule has 0 aliphatic heterocycles. The van der Waals surface area contributed by atoms with E-state index in [4.69, 9.17) is 4.74 Å². The molecule has 0 bridgehead atoms. The van der Waals surface area contributed by atoms with Gasteiger partial charge in [0.2, 0.25) is 0 Å². The molecule has 1 aromatic heterocycles. The molecule has 0 fully saturated rings. The van der Waals surface area contributed by atoms with Gasteiger partial charge in [0.05, 0.1) is 19.8 Å². The fourth-order valence-electron chi connectivity index (χ4n) is 2.02. The van der Waals surface area contributed by atoms with Gasteiger partial charge in [-0.15, -0.1) is 0 Å². The van der Waals surface area contributed by atoms with Crippen molar-refractivity contribution in [1.29, 1.82) is 0 Å². The van der Waals surface area contributed by atoms with Gasteiger partial charge >= 0.3 is 0 Å². The molecule has 1 unspecified atom stereocenters. The first-order valence-corrected chi connectivity index (χ1v) is 7.38. The lowest BCUT2D eigenvalue weighted by Crippen LogP contribution is -3.08. The number of hydrogen-bond donors (Lipinski definition) is 2. The van der Waals surface area contributed by atoms with Crippen molar-refractivity contribution in [2.75, 3.05) is 26.0 Å². The molecule has 2 aromatic rings. The first-order valence-electron chi connectivity index (χ1n) is 6.44. The van der Waals surface area contributed by atoms with Gasteiger partial charge in [-0.2, -0.15) is 11.3 Å². The molecule has 4 nitrogen and oxygen atoms in total. The molecule has 0 saturated heterocycles. The van der Waals surface area contributed by atoms with E-state index in [1.807, 2.05) is 31.3 Å². The number of amides is 1. The van der Waals surface area contributed by atoms with Crippen LogP contribution < -0.4 is 15.0 Å². The Kier molecular flexibility index (Phi) is 5.15. The van der Waals surface area contributed by atoms with Crippen LogP contribution in [-0.4, -0.2) is 26.6 Å². The van der Waals surface area contributed by atoms with Gasteiger partial charge in [0.25, 0.3) is 5.91 Å². The summed E-state index contributed by atoms with van der Waals surface area (Å²) in [6, 6.07) is 9.51. The molecule has 1 amide bonds. The van der Waals surface area contributed by atoms with Crippen LogP contribution in [-0.2, 0) is 11.3 Å². The molecule has 20 heavy (non-hydrogen) atoms. The van der Waals surface area contributed by atoms with Crippen LogP contribution in [0.2, 0.25) is 0 Å². The van der Waals surface area contributed by atoms with Crippen molar-refractivity contribution in [3.63, 3.8) is 0 Å². The van der Waals surface area contributed by atoms with Gasteiger partial charge in [-0.25, -0.2) is 0 Å². The number of likely N-dealkylation sites (N-methyl/N-ethyl adjacent to an activating group) is 1. The lowest BCUT2D eigenvalue weighted by molar-refractivity contribution is -0.885. The van der Waals surface area contributed by atoms with E-state index < -0.39 is 0 Å². The Bertz CT molecular complexity index is 555. The first kappa shape index (κ1) is 14.6. The maximum atomic E-state index is 12.0. The van der Waals surface area contributed by atoms with E-state index >= 15 is 0 Å². The van der Waals surface area contributed by atoms with Crippen molar-refractivity contribution in [2.45, 2.75) is 6.54 Å². The summed E-state index contributed by atoms with van der Waals surface area (Å²) in [5.41, 5.74) is 1.97. The van der Waals surface area contributed by atoms with Gasteiger partial charge in [0.15, 0.2) is 6.54 Å². The minimum Gasteiger partial charge on any atom is -0.495 e. The third-order valence-corrected chi connectivity index (χ3v) is 3.66. The van der Waals surface area contributed by atoms with E-state index in [2.05, 4.69) is 22.1 Å². The zero-order valence-electron chi connectivity index (χ0n) is 11.7. The molecule has 0 radical (unpaired) electrons. The number of nitrogens with one attached hydrogen (secondary N) is 2. The van der Waals surface area contributed by atoms with Gasteiger partial charge in [0, 0.05) is 5.56 Å². The summed E-state index contributed by atoms with van der Waals surface area (Å²) in [5, 5.41) is 7.06. The lowest BCUT2D eigenvalue weighted by atomic mass is 10.3. The molecule has 0 saturated carbocycles. The van der Waals surface area contributed by atoms with E-state index in [1.54, 1.807) is 18.4 Å². The highest BCUT2D eigenvalue weighted by Crippen LogP contribution is 2.22. The minimum absolute atomic E-state index is 0.0118. The Morgan fingerprint density at radius 1 is 1.35 bits per heavy atom. The summed E-state index contributed by atoms with van der Waals surface area (Å²) in [5.74, 6) is 0.665. The Hall–Kier alpha value is -1.85. The first-order chi connectivity index (χ1) is 9.69. The van der Waals surface area contributed by atoms with Crippen LogP contribution in [0.4, 0.5) is 5.69 Å². The number of methoxy groups -OCH3 is 1. The molecule has 1 aromatic carbocycles. The van der Waals surface area contributed by atoms with Crippen molar-refractivity contribution < 1.29 is 14.4 Å². The molecule has 0 aliphatic carbocycles. The fourth-order valence-corrected chi connectivity index (χ4v) is 2.69. The van der Waals surface area contributed by atoms with E-state index in [1.165, 1.54) is 5.56 Å². The number of benzene rings is 1. The Morgan fingerprint density at radius 2 is 2.15 bits per heavy atom. The van der Waals surface area contributed by atoms with Gasteiger partial charge < -0.3 is 15.0 Å². The second-order valence-corrected chi connectivity index (χ2v) is 5.47. The molecule has 106 valence electrons. The Labute approximate surface area is 123 Å². The molecule has 2 N–H and O–H groups in total. The number of rotatable bonds is 6. The molecule has 2 rings (SSSR count). The Balaban J connectivity index is 1.88. The van der Waals surface area contributed by atoms with Crippen LogP contribution in [0.15, 0.2) is 41.1 Å². The second kappa shape index (κ2) is 7.07. The number of ether oxygens (including phenoxy) is 1. The maximum absolute atomic E-state index is 12.0. The maximum Gasteiger partial charge on any atom is 0.279 e. The summed E-state index contributed by atoms with van der Waals surface area (Å²) in [6.07, 6.45) is 0. The van der Waals surface area contributed by atoms with Crippen LogP contribution in [0.5, 0.6) is 5.75 Å². The predicted octanol–water partition coefficient (Wildman–Crippen LogP) is 1.41. The highest BCUT2D eigenvalue weighted by atomic mass is 32.1. The number of carbonyl (C=O) groups is 1. The Morgan fingerprint density at radius 3 is 2.85 bits per heavy atom. The molecule has 0 spiro atoms. The highest BCUT2D eigenvalue weighted by molar-refractivity contribution is 7.07. The van der Waals surface area contributed by atoms with E-state index in [0.29, 0.717) is 18.0 Å². The van der Waals surface area contributed by atoms with Crippen molar-refractivity contribution in [1.82, 2.24) is 0 Å². The minimum atomic E-state index is -0.0118. The smallest absolute Gasteiger partial charge is 0.279 e. The monoisotopic (exact) mass is 291 g/mol. The van der Waals surface area contributed by atoms with Crippen LogP contribution >= 0.6 is 11.3 Å². The molecular weight excluding hydrogens is 272 g/mol. The quantitative estimate of drug-likeness (QED) is 0.845. The summed E-state index contributed by atoms with van der Waals surface area (Å²) in [6.45, 7) is 1.27. The predicted molar refractivity (Wildman–Crippen MR) is 81.4 cm³/mol. The topological polar surface area (TPSA) is 42.8 Å². The normalized spacial score (nSPS) is 11.9. The number of hydrogen-bond acceptors (Lipinski definition) is 3. The number of quaternary nitrogens is 1. The number of thiophene rings is 1. The molecule has 1 atom stereocenters. The fraction of sp³-hybridized carbons (Fsp3) is 0.267. The second-order valence-electron chi connectivity index (χ2n) is 4.69. The molecule has 1 heterocycles.